The van der Waals surface area contributed by atoms with Crippen LogP contribution in [0.5, 0.6) is 5.75 Å². The third-order valence-corrected chi connectivity index (χ3v) is 3.98. The average Bonchev–Trinajstić information content (AvgIpc) is 2.37. The van der Waals surface area contributed by atoms with E-state index in [0.717, 1.165) is 26.2 Å². The van der Waals surface area contributed by atoms with Gasteiger partial charge < -0.3 is 10.4 Å². The molecule has 0 bridgehead atoms. The van der Waals surface area contributed by atoms with Crippen LogP contribution in [0.2, 0.25) is 5.02 Å². The van der Waals surface area contributed by atoms with Crippen LogP contribution < -0.4 is 5.32 Å². The Morgan fingerprint density at radius 1 is 1.35 bits per heavy atom. The van der Waals surface area contributed by atoms with E-state index in [2.05, 4.69) is 21.2 Å². The largest absolute Gasteiger partial charge is 0.506 e. The van der Waals surface area contributed by atoms with Crippen LogP contribution in [0.1, 0.15) is 11.6 Å². The molecule has 116 valence electrons. The number of benzene rings is 1. The van der Waals surface area contributed by atoms with Gasteiger partial charge in [0, 0.05) is 36.8 Å². The highest BCUT2D eigenvalue weighted by atomic mass is 79.9. The summed E-state index contributed by atoms with van der Waals surface area (Å²) in [5.41, 5.74) is 0.541. The van der Waals surface area contributed by atoms with Crippen molar-refractivity contribution in [2.45, 2.75) is 6.04 Å². The standard InChI is InChI=1S/C12H15BrClFN2O.2ClH/c13-10-6-8(14)5-9(12(10)18)11(7-15)17-3-1-16-2-4-17;;/h5-6,11,16,18H,1-4,7H2;2*1H/t11-;;/m0../s1. The minimum absolute atomic E-state index is 0. The van der Waals surface area contributed by atoms with Gasteiger partial charge in [-0.1, -0.05) is 11.6 Å². The molecule has 0 aliphatic carbocycles. The van der Waals surface area contributed by atoms with Crippen molar-refractivity contribution in [1.82, 2.24) is 10.2 Å². The van der Waals surface area contributed by atoms with Gasteiger partial charge in [0.05, 0.1) is 10.5 Å². The van der Waals surface area contributed by atoms with Crippen LogP contribution in [-0.2, 0) is 0 Å². The molecule has 1 atom stereocenters. The molecule has 2 rings (SSSR count). The zero-order chi connectivity index (χ0) is 13.1. The summed E-state index contributed by atoms with van der Waals surface area (Å²) in [7, 11) is 0. The number of phenols is 1. The highest BCUT2D eigenvalue weighted by Crippen LogP contribution is 2.37. The molecule has 0 amide bonds. The fourth-order valence-corrected chi connectivity index (χ4v) is 3.05. The van der Waals surface area contributed by atoms with E-state index in [1.807, 2.05) is 4.90 Å². The van der Waals surface area contributed by atoms with E-state index in [0.29, 0.717) is 15.1 Å². The Bertz CT molecular complexity index is 433. The Kier molecular flexibility index (Phi) is 9.38. The van der Waals surface area contributed by atoms with Gasteiger partial charge >= 0.3 is 0 Å². The van der Waals surface area contributed by atoms with Gasteiger partial charge in [-0.25, -0.2) is 4.39 Å². The average molecular weight is 411 g/mol. The van der Waals surface area contributed by atoms with Crippen molar-refractivity contribution in [2.75, 3.05) is 32.9 Å². The third-order valence-electron chi connectivity index (χ3n) is 3.16. The van der Waals surface area contributed by atoms with Gasteiger partial charge in [-0.15, -0.1) is 24.8 Å². The van der Waals surface area contributed by atoms with E-state index in [1.54, 1.807) is 12.1 Å². The maximum atomic E-state index is 13.3. The minimum Gasteiger partial charge on any atom is -0.506 e. The summed E-state index contributed by atoms with van der Waals surface area (Å²) in [6.45, 7) is 2.65. The second kappa shape index (κ2) is 9.28. The van der Waals surface area contributed by atoms with Crippen LogP contribution in [0.3, 0.4) is 0 Å². The molecule has 3 nitrogen and oxygen atoms in total. The second-order valence-corrected chi connectivity index (χ2v) is 5.57. The lowest BCUT2D eigenvalue weighted by Crippen LogP contribution is -2.45. The molecule has 2 N–H and O–H groups in total. The van der Waals surface area contributed by atoms with Crippen molar-refractivity contribution in [3.8, 4) is 5.75 Å². The van der Waals surface area contributed by atoms with Crippen LogP contribution in [0.15, 0.2) is 16.6 Å². The lowest BCUT2D eigenvalue weighted by Gasteiger charge is -2.34. The highest BCUT2D eigenvalue weighted by molar-refractivity contribution is 9.10. The monoisotopic (exact) mass is 408 g/mol. The fraction of sp³-hybridized carbons (Fsp3) is 0.500. The number of aromatic hydroxyl groups is 1. The summed E-state index contributed by atoms with van der Waals surface area (Å²) < 4.78 is 13.8. The van der Waals surface area contributed by atoms with Gasteiger partial charge in [0.1, 0.15) is 12.4 Å². The maximum Gasteiger partial charge on any atom is 0.134 e. The first kappa shape index (κ1) is 20.2. The molecule has 8 heteroatoms. The lowest BCUT2D eigenvalue weighted by atomic mass is 10.0. The molecular formula is C12H17BrCl3FN2O. The molecule has 1 fully saturated rings. The van der Waals surface area contributed by atoms with Crippen molar-refractivity contribution < 1.29 is 9.50 Å². The lowest BCUT2D eigenvalue weighted by molar-refractivity contribution is 0.145. The number of rotatable bonds is 3. The summed E-state index contributed by atoms with van der Waals surface area (Å²) in [5, 5.41) is 13.7. The van der Waals surface area contributed by atoms with Crippen molar-refractivity contribution in [3.63, 3.8) is 0 Å². The van der Waals surface area contributed by atoms with E-state index in [9.17, 15) is 9.50 Å². The van der Waals surface area contributed by atoms with E-state index in [-0.39, 0.29) is 30.6 Å². The number of halogens is 5. The molecule has 0 aromatic heterocycles. The van der Waals surface area contributed by atoms with E-state index in [1.165, 1.54) is 0 Å². The van der Waals surface area contributed by atoms with Gasteiger partial charge in [-0.05, 0) is 28.1 Å². The number of nitrogens with one attached hydrogen (secondary N) is 1. The molecule has 0 spiro atoms. The smallest absolute Gasteiger partial charge is 0.134 e. The maximum absolute atomic E-state index is 13.3. The fourth-order valence-electron chi connectivity index (χ4n) is 2.21. The molecule has 0 saturated carbocycles. The number of phenolic OH excluding ortho intramolecular Hbond substituents is 1. The minimum atomic E-state index is -0.541. The molecule has 1 heterocycles. The molecule has 1 aliphatic rings. The SMILES string of the molecule is Cl.Cl.Oc1c(Br)cc(Cl)cc1[C@H](CF)N1CCNCC1. The van der Waals surface area contributed by atoms with E-state index >= 15 is 0 Å². The number of alkyl halides is 1. The quantitative estimate of drug-likeness (QED) is 0.800. The van der Waals surface area contributed by atoms with Gasteiger partial charge in [0.25, 0.3) is 0 Å². The summed E-state index contributed by atoms with van der Waals surface area (Å²) in [6.07, 6.45) is 0. The predicted octanol–water partition coefficient (Wildman–Crippen LogP) is 3.57. The zero-order valence-corrected chi connectivity index (χ0v) is 14.6. The van der Waals surface area contributed by atoms with Gasteiger partial charge in [-0.2, -0.15) is 0 Å². The number of hydrogen-bond donors (Lipinski definition) is 2. The Balaban J connectivity index is 0.00000180. The van der Waals surface area contributed by atoms with Gasteiger partial charge in [0.2, 0.25) is 0 Å². The molecule has 1 saturated heterocycles. The zero-order valence-electron chi connectivity index (χ0n) is 10.6. The van der Waals surface area contributed by atoms with Crippen LogP contribution in [0.4, 0.5) is 4.39 Å². The Morgan fingerprint density at radius 3 is 2.50 bits per heavy atom. The summed E-state index contributed by atoms with van der Waals surface area (Å²) >= 11 is 9.20. The molecule has 1 aromatic rings. The Morgan fingerprint density at radius 2 is 1.95 bits per heavy atom. The topological polar surface area (TPSA) is 35.5 Å². The molecule has 0 unspecified atom stereocenters. The molecule has 1 aromatic carbocycles. The first-order valence-corrected chi connectivity index (χ1v) is 6.99. The third kappa shape index (κ3) is 4.61. The van der Waals surface area contributed by atoms with Crippen molar-refractivity contribution in [3.05, 3.63) is 27.2 Å². The van der Waals surface area contributed by atoms with Crippen molar-refractivity contribution in [2.24, 2.45) is 0 Å². The first-order chi connectivity index (χ1) is 8.63. The molecule has 1 aliphatic heterocycles. The number of piperazine rings is 1. The molecule has 20 heavy (non-hydrogen) atoms. The Hall–Kier alpha value is 0.220. The first-order valence-electron chi connectivity index (χ1n) is 5.82. The number of hydrogen-bond acceptors (Lipinski definition) is 3. The van der Waals surface area contributed by atoms with Gasteiger partial charge in [0.15, 0.2) is 0 Å². The molecular weight excluding hydrogens is 393 g/mol. The van der Waals surface area contributed by atoms with Crippen molar-refractivity contribution in [1.29, 1.82) is 0 Å². The summed E-state index contributed by atoms with van der Waals surface area (Å²) in [5.74, 6) is 0.0700. The summed E-state index contributed by atoms with van der Waals surface area (Å²) in [4.78, 5) is 2.02. The van der Waals surface area contributed by atoms with Crippen molar-refractivity contribution >= 4 is 52.3 Å². The van der Waals surface area contributed by atoms with E-state index in [4.69, 9.17) is 11.6 Å². The number of nitrogens with zero attached hydrogens (tertiary/aromatic N) is 1. The Labute approximate surface area is 143 Å². The molecule has 0 radical (unpaired) electrons. The van der Waals surface area contributed by atoms with Crippen LogP contribution in [-0.4, -0.2) is 42.9 Å². The van der Waals surface area contributed by atoms with Crippen LogP contribution >= 0.6 is 52.3 Å². The van der Waals surface area contributed by atoms with Crippen LogP contribution in [0.25, 0.3) is 0 Å². The van der Waals surface area contributed by atoms with Gasteiger partial charge in [-0.3, -0.25) is 4.90 Å². The predicted molar refractivity (Wildman–Crippen MR) is 88.5 cm³/mol. The normalized spacial score (nSPS) is 16.9. The highest BCUT2D eigenvalue weighted by Gasteiger charge is 2.25. The van der Waals surface area contributed by atoms with E-state index < -0.39 is 12.7 Å². The second-order valence-electron chi connectivity index (χ2n) is 4.28. The summed E-state index contributed by atoms with van der Waals surface area (Å²) in [6, 6.07) is 2.79. The van der Waals surface area contributed by atoms with Crippen LogP contribution in [0, 0.1) is 0 Å².